The molecule has 1 aromatic carbocycles. The van der Waals surface area contributed by atoms with Gasteiger partial charge < -0.3 is 14.5 Å². The van der Waals surface area contributed by atoms with Gasteiger partial charge in [-0.15, -0.1) is 0 Å². The van der Waals surface area contributed by atoms with Crippen molar-refractivity contribution in [3.63, 3.8) is 0 Å². The Kier molecular flexibility index (Phi) is 5.52. The molecule has 0 spiro atoms. The summed E-state index contributed by atoms with van der Waals surface area (Å²) in [7, 11) is 1.61. The van der Waals surface area contributed by atoms with E-state index in [0.717, 1.165) is 36.1 Å². The first-order valence-electron chi connectivity index (χ1n) is 8.89. The van der Waals surface area contributed by atoms with Gasteiger partial charge in [0.25, 0.3) is 0 Å². The number of aryl methyl sites for hydroxylation is 1. The molecule has 1 aliphatic heterocycles. The van der Waals surface area contributed by atoms with E-state index in [-0.39, 0.29) is 24.2 Å². The van der Waals surface area contributed by atoms with Crippen molar-refractivity contribution in [2.24, 2.45) is 5.92 Å². The monoisotopic (exact) mass is 364 g/mol. The SMILES string of the molecule is COc1c(C)cc(Cl)cc1CC(=O)N1CCN(C(=O)C2CCC2)CC1. The third kappa shape index (κ3) is 3.92. The molecule has 0 atom stereocenters. The van der Waals surface area contributed by atoms with E-state index >= 15 is 0 Å². The molecule has 1 heterocycles. The molecule has 2 fully saturated rings. The van der Waals surface area contributed by atoms with Crippen LogP contribution in [0.15, 0.2) is 12.1 Å². The summed E-state index contributed by atoms with van der Waals surface area (Å²) in [5.74, 6) is 1.26. The second-order valence-electron chi connectivity index (χ2n) is 6.93. The third-order valence-electron chi connectivity index (χ3n) is 5.26. The predicted molar refractivity (Wildman–Crippen MR) is 96.9 cm³/mol. The van der Waals surface area contributed by atoms with E-state index in [1.807, 2.05) is 22.8 Å². The van der Waals surface area contributed by atoms with E-state index in [2.05, 4.69) is 0 Å². The van der Waals surface area contributed by atoms with Gasteiger partial charge in [0.05, 0.1) is 13.5 Å². The fraction of sp³-hybridized carbons (Fsp3) is 0.579. The van der Waals surface area contributed by atoms with Crippen molar-refractivity contribution in [2.75, 3.05) is 33.3 Å². The highest BCUT2D eigenvalue weighted by Gasteiger charge is 2.32. The van der Waals surface area contributed by atoms with Crippen LogP contribution in [-0.4, -0.2) is 54.9 Å². The Labute approximate surface area is 153 Å². The quantitative estimate of drug-likeness (QED) is 0.825. The molecule has 0 unspecified atom stereocenters. The van der Waals surface area contributed by atoms with Gasteiger partial charge in [-0.05, 0) is 37.5 Å². The summed E-state index contributed by atoms with van der Waals surface area (Å²) in [4.78, 5) is 28.7. The maximum Gasteiger partial charge on any atom is 0.227 e. The number of ether oxygens (including phenoxy) is 1. The summed E-state index contributed by atoms with van der Waals surface area (Å²) in [6.45, 7) is 4.38. The van der Waals surface area contributed by atoms with Crippen LogP contribution in [0.25, 0.3) is 0 Å². The van der Waals surface area contributed by atoms with Crippen molar-refractivity contribution in [3.05, 3.63) is 28.3 Å². The molecule has 136 valence electrons. The number of rotatable bonds is 4. The van der Waals surface area contributed by atoms with Crippen molar-refractivity contribution >= 4 is 23.4 Å². The minimum absolute atomic E-state index is 0.0516. The van der Waals surface area contributed by atoms with Gasteiger partial charge in [0.1, 0.15) is 5.75 Å². The minimum atomic E-state index is 0.0516. The standard InChI is InChI=1S/C19H25ClN2O3/c1-13-10-16(20)11-15(18(13)25-2)12-17(23)21-6-8-22(9-7-21)19(24)14-4-3-5-14/h10-11,14H,3-9,12H2,1-2H3. The minimum Gasteiger partial charge on any atom is -0.496 e. The molecule has 25 heavy (non-hydrogen) atoms. The number of methoxy groups -OCH3 is 1. The number of hydrogen-bond acceptors (Lipinski definition) is 3. The van der Waals surface area contributed by atoms with Gasteiger partial charge >= 0.3 is 0 Å². The molecule has 0 aromatic heterocycles. The smallest absolute Gasteiger partial charge is 0.227 e. The number of amides is 2. The van der Waals surface area contributed by atoms with Crippen LogP contribution < -0.4 is 4.74 Å². The largest absolute Gasteiger partial charge is 0.496 e. The predicted octanol–water partition coefficient (Wildman–Crippen LogP) is 2.67. The Balaban J connectivity index is 1.59. The molecule has 1 aliphatic carbocycles. The van der Waals surface area contributed by atoms with Gasteiger partial charge in [-0.1, -0.05) is 18.0 Å². The molecule has 3 rings (SSSR count). The maximum atomic E-state index is 12.7. The molecule has 1 saturated heterocycles. The number of hydrogen-bond donors (Lipinski definition) is 0. The lowest BCUT2D eigenvalue weighted by molar-refractivity contribution is -0.143. The van der Waals surface area contributed by atoms with E-state index in [4.69, 9.17) is 16.3 Å². The first-order valence-corrected chi connectivity index (χ1v) is 9.27. The van der Waals surface area contributed by atoms with Gasteiger partial charge in [-0.25, -0.2) is 0 Å². The van der Waals surface area contributed by atoms with Gasteiger partial charge in [-0.2, -0.15) is 0 Å². The number of halogens is 1. The van der Waals surface area contributed by atoms with Crippen LogP contribution in [0.2, 0.25) is 5.02 Å². The average Bonchev–Trinajstić information content (AvgIpc) is 2.53. The number of carbonyl (C=O) groups excluding carboxylic acids is 2. The lowest BCUT2D eigenvalue weighted by atomic mass is 9.84. The maximum absolute atomic E-state index is 12.7. The molecular formula is C19H25ClN2O3. The Hall–Kier alpha value is -1.75. The second kappa shape index (κ2) is 7.65. The van der Waals surface area contributed by atoms with Crippen LogP contribution in [-0.2, 0) is 16.0 Å². The van der Waals surface area contributed by atoms with Gasteiger partial charge in [0.15, 0.2) is 0 Å². The van der Waals surface area contributed by atoms with Crippen LogP contribution in [0.5, 0.6) is 5.75 Å². The van der Waals surface area contributed by atoms with Crippen molar-refractivity contribution in [1.29, 1.82) is 0 Å². The molecule has 5 nitrogen and oxygen atoms in total. The topological polar surface area (TPSA) is 49.9 Å². The first kappa shape index (κ1) is 18.1. The lowest BCUT2D eigenvalue weighted by Crippen LogP contribution is -2.52. The van der Waals surface area contributed by atoms with Crippen molar-refractivity contribution in [2.45, 2.75) is 32.6 Å². The van der Waals surface area contributed by atoms with E-state index in [0.29, 0.717) is 31.2 Å². The van der Waals surface area contributed by atoms with E-state index < -0.39 is 0 Å². The zero-order chi connectivity index (χ0) is 18.0. The zero-order valence-corrected chi connectivity index (χ0v) is 15.6. The van der Waals surface area contributed by atoms with Crippen LogP contribution in [0, 0.1) is 12.8 Å². The Morgan fingerprint density at radius 1 is 1.16 bits per heavy atom. The molecule has 2 amide bonds. The molecule has 0 bridgehead atoms. The summed E-state index contributed by atoms with van der Waals surface area (Å²) in [6, 6.07) is 3.63. The number of piperazine rings is 1. The first-order chi connectivity index (χ1) is 12.0. The third-order valence-corrected chi connectivity index (χ3v) is 5.48. The summed E-state index contributed by atoms with van der Waals surface area (Å²) >= 11 is 6.13. The summed E-state index contributed by atoms with van der Waals surface area (Å²) < 4.78 is 5.43. The Bertz CT molecular complexity index is 665. The van der Waals surface area contributed by atoms with Crippen molar-refractivity contribution in [1.82, 2.24) is 9.80 Å². The molecule has 2 aliphatic rings. The summed E-state index contributed by atoms with van der Waals surface area (Å²) in [5, 5.41) is 0.608. The highest BCUT2D eigenvalue weighted by atomic mass is 35.5. The summed E-state index contributed by atoms with van der Waals surface area (Å²) in [5.41, 5.74) is 1.74. The molecule has 0 N–H and O–H groups in total. The molecular weight excluding hydrogens is 340 g/mol. The zero-order valence-electron chi connectivity index (χ0n) is 14.9. The number of nitrogens with zero attached hydrogens (tertiary/aromatic N) is 2. The van der Waals surface area contributed by atoms with Crippen LogP contribution in [0.4, 0.5) is 0 Å². The highest BCUT2D eigenvalue weighted by molar-refractivity contribution is 6.30. The number of benzene rings is 1. The Morgan fingerprint density at radius 3 is 2.36 bits per heavy atom. The van der Waals surface area contributed by atoms with Gasteiger partial charge in [0.2, 0.25) is 11.8 Å². The second-order valence-corrected chi connectivity index (χ2v) is 7.36. The fourth-order valence-corrected chi connectivity index (χ4v) is 3.88. The average molecular weight is 365 g/mol. The van der Waals surface area contributed by atoms with E-state index in [9.17, 15) is 9.59 Å². The highest BCUT2D eigenvalue weighted by Crippen LogP contribution is 2.30. The molecule has 1 aromatic rings. The van der Waals surface area contributed by atoms with Crippen LogP contribution in [0.1, 0.15) is 30.4 Å². The number of carbonyl (C=O) groups is 2. The fourth-order valence-electron chi connectivity index (χ4n) is 3.59. The molecule has 0 radical (unpaired) electrons. The van der Waals surface area contributed by atoms with Gasteiger partial charge in [0, 0.05) is 42.7 Å². The van der Waals surface area contributed by atoms with Crippen molar-refractivity contribution < 1.29 is 14.3 Å². The van der Waals surface area contributed by atoms with E-state index in [1.54, 1.807) is 13.2 Å². The van der Waals surface area contributed by atoms with Crippen molar-refractivity contribution in [3.8, 4) is 5.75 Å². The van der Waals surface area contributed by atoms with Crippen LogP contribution in [0.3, 0.4) is 0 Å². The Morgan fingerprint density at radius 2 is 1.80 bits per heavy atom. The molecule has 1 saturated carbocycles. The summed E-state index contributed by atoms with van der Waals surface area (Å²) in [6.07, 6.45) is 3.47. The van der Waals surface area contributed by atoms with Crippen LogP contribution >= 0.6 is 11.6 Å². The molecule has 6 heteroatoms. The lowest BCUT2D eigenvalue weighted by Gasteiger charge is -2.38. The normalized spacial score (nSPS) is 18.0. The van der Waals surface area contributed by atoms with Gasteiger partial charge in [-0.3, -0.25) is 9.59 Å². The van der Waals surface area contributed by atoms with E-state index in [1.165, 1.54) is 0 Å².